The Morgan fingerprint density at radius 3 is 2.47 bits per heavy atom. The first-order valence-corrected chi connectivity index (χ1v) is 5.91. The van der Waals surface area contributed by atoms with Gasteiger partial charge in [0.2, 0.25) is 0 Å². The van der Waals surface area contributed by atoms with E-state index in [1.54, 1.807) is 0 Å². The maximum atomic E-state index is 14.2. The molecule has 0 atom stereocenters. The number of piperidine rings is 1. The Morgan fingerprint density at radius 1 is 1.27 bits per heavy atom. The molecule has 0 radical (unpaired) electrons. The summed E-state index contributed by atoms with van der Waals surface area (Å²) in [5, 5.41) is 5.92. The zero-order valence-electron chi connectivity index (χ0n) is 9.02. The second kappa shape index (κ2) is 4.47. The molecule has 3 nitrogen and oxygen atoms in total. The van der Waals surface area contributed by atoms with Crippen molar-refractivity contribution in [3.8, 4) is 0 Å². The van der Waals surface area contributed by atoms with Crippen LogP contribution in [0.15, 0.2) is 0 Å². The summed E-state index contributed by atoms with van der Waals surface area (Å²) in [6.45, 7) is 1.21. The van der Waals surface area contributed by atoms with E-state index in [2.05, 4.69) is 10.6 Å². The van der Waals surface area contributed by atoms with Gasteiger partial charge in [-0.25, -0.2) is 4.39 Å². The van der Waals surface area contributed by atoms with Gasteiger partial charge in [0.25, 0.3) is 5.91 Å². The van der Waals surface area contributed by atoms with E-state index in [9.17, 15) is 9.18 Å². The normalized spacial score (nSPS) is 26.5. The van der Waals surface area contributed by atoms with Crippen LogP contribution >= 0.6 is 0 Å². The smallest absolute Gasteiger partial charge is 0.257 e. The van der Waals surface area contributed by atoms with E-state index in [0.29, 0.717) is 25.9 Å². The number of carbonyl (C=O) groups is 1. The number of amides is 1. The first-order valence-electron chi connectivity index (χ1n) is 5.91. The van der Waals surface area contributed by atoms with E-state index < -0.39 is 5.67 Å². The van der Waals surface area contributed by atoms with Crippen LogP contribution in [0.5, 0.6) is 0 Å². The SMILES string of the molecule is O=C(NC1CCCC1)C1(F)CCNCC1. The molecule has 1 aliphatic heterocycles. The number of nitrogens with one attached hydrogen (secondary N) is 2. The molecule has 0 unspecified atom stereocenters. The van der Waals surface area contributed by atoms with Crippen LogP contribution in [0, 0.1) is 0 Å². The molecule has 4 heteroatoms. The highest BCUT2D eigenvalue weighted by atomic mass is 19.1. The predicted molar refractivity (Wildman–Crippen MR) is 56.3 cm³/mol. The second-order valence-electron chi connectivity index (χ2n) is 4.67. The number of halogens is 1. The molecular formula is C11H19FN2O. The summed E-state index contributed by atoms with van der Waals surface area (Å²) in [6, 6.07) is 0.222. The second-order valence-corrected chi connectivity index (χ2v) is 4.67. The van der Waals surface area contributed by atoms with Gasteiger partial charge >= 0.3 is 0 Å². The van der Waals surface area contributed by atoms with E-state index in [1.807, 2.05) is 0 Å². The van der Waals surface area contributed by atoms with E-state index in [-0.39, 0.29) is 11.9 Å². The molecular weight excluding hydrogens is 195 g/mol. The van der Waals surface area contributed by atoms with Gasteiger partial charge in [0, 0.05) is 18.9 Å². The third-order valence-corrected chi connectivity index (χ3v) is 3.49. The van der Waals surface area contributed by atoms with Crippen molar-refractivity contribution < 1.29 is 9.18 Å². The Balaban J connectivity index is 1.87. The van der Waals surface area contributed by atoms with Crippen LogP contribution in [0.4, 0.5) is 4.39 Å². The number of hydrogen-bond donors (Lipinski definition) is 2. The number of hydrogen-bond acceptors (Lipinski definition) is 2. The molecule has 0 spiro atoms. The molecule has 2 rings (SSSR count). The first-order chi connectivity index (χ1) is 7.21. The fraction of sp³-hybridized carbons (Fsp3) is 0.909. The fourth-order valence-corrected chi connectivity index (χ4v) is 2.43. The number of rotatable bonds is 2. The number of carbonyl (C=O) groups excluding carboxylic acids is 1. The van der Waals surface area contributed by atoms with Crippen molar-refractivity contribution in [1.29, 1.82) is 0 Å². The maximum Gasteiger partial charge on any atom is 0.257 e. The summed E-state index contributed by atoms with van der Waals surface area (Å²) in [4.78, 5) is 11.8. The van der Waals surface area contributed by atoms with Crippen LogP contribution in [-0.4, -0.2) is 30.7 Å². The van der Waals surface area contributed by atoms with Gasteiger partial charge < -0.3 is 10.6 Å². The van der Waals surface area contributed by atoms with Crippen molar-refractivity contribution in [2.24, 2.45) is 0 Å². The van der Waals surface area contributed by atoms with E-state index >= 15 is 0 Å². The van der Waals surface area contributed by atoms with Gasteiger partial charge in [0.1, 0.15) is 0 Å². The summed E-state index contributed by atoms with van der Waals surface area (Å²) in [7, 11) is 0. The van der Waals surface area contributed by atoms with Gasteiger partial charge in [-0.05, 0) is 25.9 Å². The summed E-state index contributed by atoms with van der Waals surface area (Å²) < 4.78 is 14.2. The summed E-state index contributed by atoms with van der Waals surface area (Å²) in [5.74, 6) is -0.379. The van der Waals surface area contributed by atoms with Crippen molar-refractivity contribution in [3.63, 3.8) is 0 Å². The van der Waals surface area contributed by atoms with Crippen molar-refractivity contribution >= 4 is 5.91 Å². The van der Waals surface area contributed by atoms with E-state index in [1.165, 1.54) is 0 Å². The highest BCUT2D eigenvalue weighted by Gasteiger charge is 2.40. The van der Waals surface area contributed by atoms with E-state index in [4.69, 9.17) is 0 Å². The standard InChI is InChI=1S/C11H19FN2O/c12-11(5-7-13-8-6-11)10(15)14-9-3-1-2-4-9/h9,13H,1-8H2,(H,14,15). The summed E-state index contributed by atoms with van der Waals surface area (Å²) >= 11 is 0. The molecule has 2 fully saturated rings. The van der Waals surface area contributed by atoms with Crippen molar-refractivity contribution in [3.05, 3.63) is 0 Å². The van der Waals surface area contributed by atoms with Gasteiger partial charge in [0.05, 0.1) is 0 Å². The molecule has 0 bridgehead atoms. The number of alkyl halides is 1. The molecule has 2 aliphatic rings. The van der Waals surface area contributed by atoms with Crippen LogP contribution in [0.3, 0.4) is 0 Å². The molecule has 1 saturated heterocycles. The largest absolute Gasteiger partial charge is 0.351 e. The van der Waals surface area contributed by atoms with Gasteiger partial charge in [0.15, 0.2) is 5.67 Å². The molecule has 86 valence electrons. The third kappa shape index (κ3) is 2.48. The van der Waals surface area contributed by atoms with Gasteiger partial charge in [-0.15, -0.1) is 0 Å². The molecule has 0 aromatic carbocycles. The molecule has 1 saturated carbocycles. The van der Waals surface area contributed by atoms with Gasteiger partial charge in [-0.2, -0.15) is 0 Å². The lowest BCUT2D eigenvalue weighted by atomic mass is 9.93. The molecule has 1 amide bonds. The Kier molecular flexibility index (Phi) is 3.24. The summed E-state index contributed by atoms with van der Waals surface area (Å²) in [5.41, 5.74) is -1.62. The quantitative estimate of drug-likeness (QED) is 0.723. The first kappa shape index (κ1) is 10.9. The molecule has 0 aromatic heterocycles. The Bertz CT molecular complexity index is 233. The molecule has 1 heterocycles. The minimum absolute atomic E-state index is 0.222. The third-order valence-electron chi connectivity index (χ3n) is 3.49. The van der Waals surface area contributed by atoms with Gasteiger partial charge in [-0.1, -0.05) is 12.8 Å². The highest BCUT2D eigenvalue weighted by Crippen LogP contribution is 2.25. The average molecular weight is 214 g/mol. The molecule has 15 heavy (non-hydrogen) atoms. The van der Waals surface area contributed by atoms with Crippen molar-refractivity contribution in [2.75, 3.05) is 13.1 Å². The monoisotopic (exact) mass is 214 g/mol. The average Bonchev–Trinajstić information content (AvgIpc) is 2.71. The Morgan fingerprint density at radius 2 is 1.87 bits per heavy atom. The lowest BCUT2D eigenvalue weighted by Gasteiger charge is -2.29. The topological polar surface area (TPSA) is 41.1 Å². The van der Waals surface area contributed by atoms with Gasteiger partial charge in [-0.3, -0.25) is 4.79 Å². The minimum Gasteiger partial charge on any atom is -0.351 e. The molecule has 1 aliphatic carbocycles. The Labute approximate surface area is 89.8 Å². The van der Waals surface area contributed by atoms with Crippen LogP contribution in [0.2, 0.25) is 0 Å². The molecule has 2 N–H and O–H groups in total. The minimum atomic E-state index is -1.62. The zero-order valence-corrected chi connectivity index (χ0v) is 9.02. The predicted octanol–water partition coefficient (Wildman–Crippen LogP) is 1.14. The Hall–Kier alpha value is -0.640. The van der Waals surface area contributed by atoms with E-state index in [0.717, 1.165) is 25.7 Å². The van der Waals surface area contributed by atoms with Crippen LogP contribution in [0.25, 0.3) is 0 Å². The zero-order chi connectivity index (χ0) is 10.7. The highest BCUT2D eigenvalue weighted by molar-refractivity contribution is 5.85. The lowest BCUT2D eigenvalue weighted by molar-refractivity contribution is -0.135. The molecule has 0 aromatic rings. The van der Waals surface area contributed by atoms with Crippen LogP contribution < -0.4 is 10.6 Å². The van der Waals surface area contributed by atoms with Crippen LogP contribution in [-0.2, 0) is 4.79 Å². The fourth-order valence-electron chi connectivity index (χ4n) is 2.43. The van der Waals surface area contributed by atoms with Crippen molar-refractivity contribution in [1.82, 2.24) is 10.6 Å². The van der Waals surface area contributed by atoms with Crippen LogP contribution in [0.1, 0.15) is 38.5 Å². The lowest BCUT2D eigenvalue weighted by Crippen LogP contribution is -2.51. The van der Waals surface area contributed by atoms with Crippen molar-refractivity contribution in [2.45, 2.75) is 50.2 Å². The maximum absolute atomic E-state index is 14.2. The summed E-state index contributed by atoms with van der Waals surface area (Å²) in [6.07, 6.45) is 4.97.